The van der Waals surface area contributed by atoms with Gasteiger partial charge in [-0.05, 0) is 23.8 Å². The van der Waals surface area contributed by atoms with E-state index in [1.165, 1.54) is 24.1 Å². The Kier molecular flexibility index (Phi) is 8.48. The number of methoxy groups -OCH3 is 1. The third-order valence-corrected chi connectivity index (χ3v) is 5.37. The van der Waals surface area contributed by atoms with Crippen LogP contribution in [0.5, 0.6) is 0 Å². The van der Waals surface area contributed by atoms with E-state index in [4.69, 9.17) is 39.5 Å². The number of alkyl halides is 1. The number of hydrogen-bond donors (Lipinski definition) is 1. The zero-order chi connectivity index (χ0) is 24.8. The molecule has 34 heavy (non-hydrogen) atoms. The van der Waals surface area contributed by atoms with Crippen LogP contribution in [0.15, 0.2) is 36.8 Å². The zero-order valence-corrected chi connectivity index (χ0v) is 20.4. The molecule has 3 aromatic rings. The summed E-state index contributed by atoms with van der Waals surface area (Å²) in [5.41, 5.74) is 1.40. The molecule has 0 aliphatic heterocycles. The maximum atomic E-state index is 13.0. The lowest BCUT2D eigenvalue weighted by Gasteiger charge is -2.29. The maximum Gasteiger partial charge on any atom is 0.328 e. The maximum absolute atomic E-state index is 13.0. The number of amides is 2. The smallest absolute Gasteiger partial charge is 0.328 e. The summed E-state index contributed by atoms with van der Waals surface area (Å²) in [6.45, 7) is -0.477. The molecule has 2 amide bonds. The van der Waals surface area contributed by atoms with Gasteiger partial charge in [0, 0.05) is 24.7 Å². The summed E-state index contributed by atoms with van der Waals surface area (Å²) in [5, 5.41) is 14.9. The molecule has 1 N–H and O–H groups in total. The van der Waals surface area contributed by atoms with Gasteiger partial charge in [0.15, 0.2) is 5.15 Å². The van der Waals surface area contributed by atoms with Crippen molar-refractivity contribution in [3.63, 3.8) is 0 Å². The van der Waals surface area contributed by atoms with Crippen molar-refractivity contribution in [2.75, 3.05) is 24.9 Å². The highest BCUT2D eigenvalue weighted by Gasteiger charge is 2.32. The van der Waals surface area contributed by atoms with Gasteiger partial charge in [0.1, 0.15) is 18.5 Å². The number of nitrogens with one attached hydrogen (secondary N) is 1. The second kappa shape index (κ2) is 11.3. The molecule has 0 aliphatic carbocycles. The van der Waals surface area contributed by atoms with Crippen molar-refractivity contribution in [3.8, 4) is 5.69 Å². The van der Waals surface area contributed by atoms with Gasteiger partial charge in [-0.15, -0.1) is 16.7 Å². The summed E-state index contributed by atoms with van der Waals surface area (Å²) < 4.78 is 7.79. The van der Waals surface area contributed by atoms with Crippen LogP contribution in [0, 0.1) is 0 Å². The number of aromatic nitrogens is 5. The molecule has 1 unspecified atom stereocenters. The Bertz CT molecular complexity index is 1200. The molecule has 2 aromatic heterocycles. The van der Waals surface area contributed by atoms with E-state index in [1.54, 1.807) is 36.3 Å². The van der Waals surface area contributed by atoms with Gasteiger partial charge in [-0.3, -0.25) is 14.3 Å². The molecule has 11 nitrogen and oxygen atoms in total. The Balaban J connectivity index is 1.86. The fourth-order valence-corrected chi connectivity index (χ4v) is 3.67. The lowest BCUT2D eigenvalue weighted by atomic mass is 10.1. The Morgan fingerprint density at radius 2 is 2.00 bits per heavy atom. The molecule has 0 radical (unpaired) electrons. The zero-order valence-electron chi connectivity index (χ0n) is 18.1. The van der Waals surface area contributed by atoms with Crippen LogP contribution in [0.25, 0.3) is 5.69 Å². The highest BCUT2D eigenvalue weighted by atomic mass is 35.5. The highest BCUT2D eigenvalue weighted by molar-refractivity contribution is 6.31. The first-order valence-corrected chi connectivity index (χ1v) is 11.1. The molecular weight excluding hydrogens is 509 g/mol. The predicted molar refractivity (Wildman–Crippen MR) is 125 cm³/mol. The van der Waals surface area contributed by atoms with Gasteiger partial charge < -0.3 is 15.0 Å². The summed E-state index contributed by atoms with van der Waals surface area (Å²) in [6, 6.07) is 3.63. The van der Waals surface area contributed by atoms with Crippen molar-refractivity contribution in [2.24, 2.45) is 7.05 Å². The Labute approximate surface area is 209 Å². The van der Waals surface area contributed by atoms with Gasteiger partial charge in [-0.25, -0.2) is 9.48 Å². The Morgan fingerprint density at radius 3 is 2.59 bits per heavy atom. The molecule has 0 fully saturated rings. The minimum absolute atomic E-state index is 0.0797. The van der Waals surface area contributed by atoms with E-state index in [-0.39, 0.29) is 11.6 Å². The quantitative estimate of drug-likeness (QED) is 0.333. The fraction of sp³-hybridized carbons (Fsp3) is 0.300. The molecular formula is C20H20Cl3N7O4. The minimum atomic E-state index is -1.10. The van der Waals surface area contributed by atoms with E-state index in [1.807, 2.05) is 0 Å². The van der Waals surface area contributed by atoms with E-state index in [0.29, 0.717) is 22.0 Å². The SMILES string of the molecule is COC(=O)C(Cc1cnn(C)c1)N(CC(=O)Nc1cc(Cl)ccc1-n1cc(Cl)nn1)C(=O)CCl. The van der Waals surface area contributed by atoms with Crippen LogP contribution in [0.2, 0.25) is 10.2 Å². The molecule has 180 valence electrons. The highest BCUT2D eigenvalue weighted by Crippen LogP contribution is 2.25. The lowest BCUT2D eigenvalue weighted by Crippen LogP contribution is -2.50. The van der Waals surface area contributed by atoms with Gasteiger partial charge >= 0.3 is 5.97 Å². The third-order valence-electron chi connectivity index (χ3n) is 4.73. The number of hydrogen-bond acceptors (Lipinski definition) is 7. The fourth-order valence-electron chi connectivity index (χ4n) is 3.22. The minimum Gasteiger partial charge on any atom is -0.467 e. The van der Waals surface area contributed by atoms with Crippen molar-refractivity contribution in [1.82, 2.24) is 29.7 Å². The van der Waals surface area contributed by atoms with Gasteiger partial charge in [0.05, 0.1) is 30.9 Å². The van der Waals surface area contributed by atoms with Gasteiger partial charge in [0.2, 0.25) is 11.8 Å². The van der Waals surface area contributed by atoms with E-state index in [0.717, 1.165) is 4.90 Å². The number of nitrogens with zero attached hydrogens (tertiary/aromatic N) is 6. The predicted octanol–water partition coefficient (Wildman–Crippen LogP) is 2.10. The van der Waals surface area contributed by atoms with Crippen LogP contribution < -0.4 is 5.32 Å². The Morgan fingerprint density at radius 1 is 1.24 bits per heavy atom. The first kappa shape index (κ1) is 25.5. The summed E-state index contributed by atoms with van der Waals surface area (Å²) in [5.74, 6) is -2.36. The van der Waals surface area contributed by atoms with Crippen LogP contribution in [0.3, 0.4) is 0 Å². The van der Waals surface area contributed by atoms with Crippen LogP contribution >= 0.6 is 34.8 Å². The number of rotatable bonds is 9. The second-order valence-electron chi connectivity index (χ2n) is 7.12. The molecule has 0 saturated heterocycles. The number of carbonyl (C=O) groups is 3. The summed E-state index contributed by atoms with van der Waals surface area (Å²) >= 11 is 17.7. The molecule has 0 bridgehead atoms. The average molecular weight is 529 g/mol. The molecule has 3 rings (SSSR count). The number of benzene rings is 1. The van der Waals surface area contributed by atoms with Crippen molar-refractivity contribution < 1.29 is 19.1 Å². The van der Waals surface area contributed by atoms with Crippen LogP contribution in [0.1, 0.15) is 5.56 Å². The van der Waals surface area contributed by atoms with Crippen molar-refractivity contribution in [3.05, 3.63) is 52.5 Å². The molecule has 1 atom stereocenters. The summed E-state index contributed by atoms with van der Waals surface area (Å²) in [6.07, 6.45) is 4.78. The molecule has 0 aliphatic rings. The standard InChI is InChI=1S/C20H20Cl3N7O4/c1-28-9-12(8-24-28)5-16(20(33)34-2)29(19(32)7-21)11-18(31)25-14-6-13(22)3-4-15(14)30-10-17(23)26-27-30/h3-4,6,8-10,16H,5,7,11H2,1-2H3,(H,25,31). The van der Waals surface area contributed by atoms with Gasteiger partial charge in [-0.1, -0.05) is 28.4 Å². The number of anilines is 1. The third kappa shape index (κ3) is 6.25. The van der Waals surface area contributed by atoms with Crippen LogP contribution in [-0.2, 0) is 32.6 Å². The molecule has 0 spiro atoms. The number of esters is 1. The molecule has 1 aromatic carbocycles. The van der Waals surface area contributed by atoms with E-state index in [2.05, 4.69) is 20.7 Å². The molecule has 0 saturated carbocycles. The molecule has 14 heteroatoms. The monoisotopic (exact) mass is 527 g/mol. The van der Waals surface area contributed by atoms with Crippen molar-refractivity contribution >= 4 is 58.3 Å². The van der Waals surface area contributed by atoms with E-state index in [9.17, 15) is 14.4 Å². The summed E-state index contributed by atoms with van der Waals surface area (Å²) in [7, 11) is 2.92. The average Bonchev–Trinajstić information content (AvgIpc) is 3.42. The molecule has 2 heterocycles. The lowest BCUT2D eigenvalue weighted by molar-refractivity contribution is -0.152. The Hall–Kier alpha value is -3.15. The van der Waals surface area contributed by atoms with Crippen LogP contribution in [0.4, 0.5) is 5.69 Å². The van der Waals surface area contributed by atoms with Crippen molar-refractivity contribution in [2.45, 2.75) is 12.5 Å². The number of halogens is 3. The number of ether oxygens (including phenoxy) is 1. The first-order chi connectivity index (χ1) is 16.2. The normalized spacial score (nSPS) is 11.7. The van der Waals surface area contributed by atoms with E-state index >= 15 is 0 Å². The van der Waals surface area contributed by atoms with Gasteiger partial charge in [-0.2, -0.15) is 5.10 Å². The number of carbonyl (C=O) groups excluding carboxylic acids is 3. The van der Waals surface area contributed by atoms with E-state index < -0.39 is 36.3 Å². The topological polar surface area (TPSA) is 124 Å². The summed E-state index contributed by atoms with van der Waals surface area (Å²) in [4.78, 5) is 39.2. The first-order valence-electron chi connectivity index (χ1n) is 9.80. The van der Waals surface area contributed by atoms with Crippen molar-refractivity contribution in [1.29, 1.82) is 0 Å². The number of aryl methyl sites for hydroxylation is 1. The largest absolute Gasteiger partial charge is 0.467 e. The van der Waals surface area contributed by atoms with Gasteiger partial charge in [0.25, 0.3) is 0 Å². The second-order valence-corrected chi connectivity index (χ2v) is 8.21. The van der Waals surface area contributed by atoms with Crippen LogP contribution in [-0.4, -0.2) is 73.0 Å².